The van der Waals surface area contributed by atoms with E-state index in [1.165, 1.54) is 32.1 Å². The van der Waals surface area contributed by atoms with Crippen molar-refractivity contribution in [3.63, 3.8) is 0 Å². The Kier molecular flexibility index (Phi) is 9.51. The van der Waals surface area contributed by atoms with Crippen LogP contribution in [0.2, 0.25) is 0 Å². The van der Waals surface area contributed by atoms with E-state index in [1.807, 2.05) is 60.7 Å². The molecule has 0 heterocycles. The molecule has 32 heavy (non-hydrogen) atoms. The van der Waals surface area contributed by atoms with Crippen LogP contribution in [0.25, 0.3) is 0 Å². The zero-order chi connectivity index (χ0) is 22.4. The van der Waals surface area contributed by atoms with E-state index in [2.05, 4.69) is 49.7 Å². The summed E-state index contributed by atoms with van der Waals surface area (Å²) in [6, 6.07) is 24.3. The molecule has 0 saturated carbocycles. The van der Waals surface area contributed by atoms with Crippen molar-refractivity contribution in [2.24, 2.45) is 0 Å². The van der Waals surface area contributed by atoms with Crippen LogP contribution in [0, 0.1) is 30.6 Å². The Morgan fingerprint density at radius 1 is 0.625 bits per heavy atom. The third-order valence-corrected chi connectivity index (χ3v) is 5.21. The molecule has 3 aromatic carbocycles. The number of hydrogen-bond acceptors (Lipinski definition) is 1. The molecule has 0 saturated heterocycles. The summed E-state index contributed by atoms with van der Waals surface area (Å²) in [4.78, 5) is 0. The number of hydrogen-bond donors (Lipinski definition) is 0. The van der Waals surface area contributed by atoms with E-state index in [4.69, 9.17) is 4.74 Å². The molecule has 0 aliphatic rings. The topological polar surface area (TPSA) is 9.23 Å². The van der Waals surface area contributed by atoms with Crippen LogP contribution in [-0.4, -0.2) is 6.61 Å². The molecule has 0 aliphatic carbocycles. The third kappa shape index (κ3) is 7.68. The van der Waals surface area contributed by atoms with Crippen molar-refractivity contribution >= 4 is 0 Å². The maximum Gasteiger partial charge on any atom is 0.150 e. The molecule has 0 atom stereocenters. The van der Waals surface area contributed by atoms with Crippen molar-refractivity contribution in [1.82, 2.24) is 0 Å². The van der Waals surface area contributed by atoms with Crippen LogP contribution in [0.15, 0.2) is 72.8 Å². The van der Waals surface area contributed by atoms with Crippen molar-refractivity contribution in [1.29, 1.82) is 0 Å². The lowest BCUT2D eigenvalue weighted by atomic mass is 10.0. The van der Waals surface area contributed by atoms with Crippen molar-refractivity contribution in [2.75, 3.05) is 6.61 Å². The van der Waals surface area contributed by atoms with Gasteiger partial charge in [-0.3, -0.25) is 0 Å². The average molecular weight is 421 g/mol. The predicted molar refractivity (Wildman–Crippen MR) is 135 cm³/mol. The zero-order valence-electron chi connectivity index (χ0n) is 19.3. The Morgan fingerprint density at radius 3 is 1.66 bits per heavy atom. The first-order chi connectivity index (χ1) is 15.8. The molecule has 0 N–H and O–H groups in total. The highest BCUT2D eigenvalue weighted by Crippen LogP contribution is 2.26. The van der Waals surface area contributed by atoms with E-state index >= 15 is 0 Å². The van der Waals surface area contributed by atoms with Gasteiger partial charge in [-0.2, -0.15) is 0 Å². The van der Waals surface area contributed by atoms with Gasteiger partial charge >= 0.3 is 0 Å². The molecule has 3 aromatic rings. The first-order valence-electron chi connectivity index (χ1n) is 11.7. The van der Waals surface area contributed by atoms with Gasteiger partial charge in [0.25, 0.3) is 0 Å². The molecule has 0 aromatic heterocycles. The molecule has 0 fully saturated rings. The zero-order valence-corrected chi connectivity index (χ0v) is 19.3. The standard InChI is InChI=1S/C31H32O/c1-3-4-5-6-7-14-23-32-31-29(21-19-27-15-10-8-11-16-27)24-26(2)25-30(31)22-20-28-17-12-9-13-18-28/h8-13,15-18,24-25H,3-7,14,23H2,1-2H3. The number of unbranched alkanes of at least 4 members (excludes halogenated alkanes) is 5. The number of benzene rings is 3. The van der Waals surface area contributed by atoms with Crippen molar-refractivity contribution in [3.05, 3.63) is 101 Å². The van der Waals surface area contributed by atoms with Gasteiger partial charge < -0.3 is 4.74 Å². The minimum Gasteiger partial charge on any atom is -0.491 e. The quantitative estimate of drug-likeness (QED) is 0.270. The maximum atomic E-state index is 6.30. The largest absolute Gasteiger partial charge is 0.491 e. The van der Waals surface area contributed by atoms with E-state index in [-0.39, 0.29) is 0 Å². The molecule has 0 unspecified atom stereocenters. The number of aryl methyl sites for hydroxylation is 1. The van der Waals surface area contributed by atoms with E-state index in [9.17, 15) is 0 Å². The Bertz CT molecular complexity index is 1010. The van der Waals surface area contributed by atoms with Crippen LogP contribution in [-0.2, 0) is 0 Å². The first kappa shape index (κ1) is 23.2. The molecule has 162 valence electrons. The van der Waals surface area contributed by atoms with Gasteiger partial charge in [-0.1, -0.05) is 99.1 Å². The van der Waals surface area contributed by atoms with Crippen LogP contribution < -0.4 is 4.74 Å². The molecule has 0 spiro atoms. The van der Waals surface area contributed by atoms with Gasteiger partial charge in [-0.25, -0.2) is 0 Å². The Balaban J connectivity index is 1.85. The van der Waals surface area contributed by atoms with Crippen LogP contribution in [0.3, 0.4) is 0 Å². The lowest BCUT2D eigenvalue weighted by molar-refractivity contribution is 0.303. The minimum absolute atomic E-state index is 0.690. The van der Waals surface area contributed by atoms with Gasteiger partial charge in [-0.05, 0) is 55.3 Å². The monoisotopic (exact) mass is 420 g/mol. The lowest BCUT2D eigenvalue weighted by Gasteiger charge is -2.12. The van der Waals surface area contributed by atoms with Crippen LogP contribution >= 0.6 is 0 Å². The summed E-state index contributed by atoms with van der Waals surface area (Å²) in [5.74, 6) is 14.0. The SMILES string of the molecule is CCCCCCCCOc1c(C#Cc2ccccc2)cc(C)cc1C#Cc1ccccc1. The summed E-state index contributed by atoms with van der Waals surface area (Å²) in [5.41, 5.74) is 4.92. The Labute approximate surface area is 193 Å². The lowest BCUT2D eigenvalue weighted by Crippen LogP contribution is -2.02. The molecular weight excluding hydrogens is 388 g/mol. The molecule has 1 nitrogen and oxygen atoms in total. The second kappa shape index (κ2) is 13.1. The van der Waals surface area contributed by atoms with Gasteiger partial charge in [0.05, 0.1) is 17.7 Å². The van der Waals surface area contributed by atoms with Crippen molar-refractivity contribution in [2.45, 2.75) is 52.4 Å². The summed E-state index contributed by atoms with van der Waals surface area (Å²) in [5, 5.41) is 0. The summed E-state index contributed by atoms with van der Waals surface area (Å²) in [6.45, 7) is 5.02. The van der Waals surface area contributed by atoms with Crippen LogP contribution in [0.4, 0.5) is 0 Å². The fourth-order valence-corrected chi connectivity index (χ4v) is 3.49. The Hall–Kier alpha value is -3.42. The van der Waals surface area contributed by atoms with E-state index in [0.717, 1.165) is 40.0 Å². The van der Waals surface area contributed by atoms with Gasteiger partial charge in [0.1, 0.15) is 0 Å². The van der Waals surface area contributed by atoms with Gasteiger partial charge in [0.15, 0.2) is 5.75 Å². The second-order valence-corrected chi connectivity index (χ2v) is 8.04. The molecule has 0 aliphatic heterocycles. The highest BCUT2D eigenvalue weighted by molar-refractivity contribution is 5.60. The molecule has 0 radical (unpaired) electrons. The molecule has 3 rings (SSSR count). The number of ether oxygens (including phenoxy) is 1. The highest BCUT2D eigenvalue weighted by Gasteiger charge is 2.09. The molecule has 0 amide bonds. The summed E-state index contributed by atoms with van der Waals surface area (Å²) in [6.07, 6.45) is 7.41. The predicted octanol–water partition coefficient (Wildman–Crippen LogP) is 7.53. The molecular formula is C31H32O. The fourth-order valence-electron chi connectivity index (χ4n) is 3.49. The minimum atomic E-state index is 0.690. The smallest absolute Gasteiger partial charge is 0.150 e. The van der Waals surface area contributed by atoms with E-state index < -0.39 is 0 Å². The fraction of sp³-hybridized carbons (Fsp3) is 0.290. The summed E-state index contributed by atoms with van der Waals surface area (Å²) in [7, 11) is 0. The summed E-state index contributed by atoms with van der Waals surface area (Å²) >= 11 is 0. The van der Waals surface area contributed by atoms with E-state index in [0.29, 0.717) is 6.61 Å². The van der Waals surface area contributed by atoms with Gasteiger partial charge in [-0.15, -0.1) is 0 Å². The first-order valence-corrected chi connectivity index (χ1v) is 11.7. The average Bonchev–Trinajstić information content (AvgIpc) is 2.83. The van der Waals surface area contributed by atoms with Crippen LogP contribution in [0.1, 0.15) is 73.3 Å². The third-order valence-electron chi connectivity index (χ3n) is 5.21. The maximum absolute atomic E-state index is 6.30. The van der Waals surface area contributed by atoms with Crippen molar-refractivity contribution in [3.8, 4) is 29.4 Å². The highest BCUT2D eigenvalue weighted by atomic mass is 16.5. The molecule has 0 bridgehead atoms. The Morgan fingerprint density at radius 2 is 1.12 bits per heavy atom. The normalized spacial score (nSPS) is 9.94. The summed E-state index contributed by atoms with van der Waals surface area (Å²) < 4.78 is 6.30. The van der Waals surface area contributed by atoms with Gasteiger partial charge in [0.2, 0.25) is 0 Å². The van der Waals surface area contributed by atoms with Crippen LogP contribution in [0.5, 0.6) is 5.75 Å². The molecule has 1 heteroatoms. The van der Waals surface area contributed by atoms with E-state index in [1.54, 1.807) is 0 Å². The van der Waals surface area contributed by atoms with Crippen molar-refractivity contribution < 1.29 is 4.74 Å². The van der Waals surface area contributed by atoms with Gasteiger partial charge in [0, 0.05) is 11.1 Å². The second-order valence-electron chi connectivity index (χ2n) is 8.04. The number of rotatable bonds is 8.